The first kappa shape index (κ1) is 9.14. The highest BCUT2D eigenvalue weighted by molar-refractivity contribution is 5.53. The van der Waals surface area contributed by atoms with Crippen LogP contribution in [0.15, 0.2) is 4.99 Å². The van der Waals surface area contributed by atoms with E-state index in [4.69, 9.17) is 4.74 Å². The fourth-order valence-electron chi connectivity index (χ4n) is 0.444. The van der Waals surface area contributed by atoms with Gasteiger partial charge in [0.15, 0.2) is 6.40 Å². The summed E-state index contributed by atoms with van der Waals surface area (Å²) < 4.78 is 5.10. The summed E-state index contributed by atoms with van der Waals surface area (Å²) in [7, 11) is 1.62. The number of ether oxygens (including phenoxy) is 1. The van der Waals surface area contributed by atoms with Gasteiger partial charge >= 0.3 is 0 Å². The van der Waals surface area contributed by atoms with Gasteiger partial charge in [0.2, 0.25) is 0 Å². The molecule has 0 atom stereocenters. The Kier molecular flexibility index (Phi) is 3.69. The molecule has 3 nitrogen and oxygen atoms in total. The van der Waals surface area contributed by atoms with Gasteiger partial charge in [-0.25, -0.2) is 0 Å². The summed E-state index contributed by atoms with van der Waals surface area (Å²) in [5.41, 5.74) is -0.415. The minimum Gasteiger partial charge on any atom is -0.477 e. The predicted molar refractivity (Wildman–Crippen MR) is 40.3 cm³/mol. The molecule has 0 unspecified atom stereocenters. The van der Waals surface area contributed by atoms with Crippen molar-refractivity contribution in [1.29, 1.82) is 0 Å². The molecule has 3 heteroatoms. The van der Waals surface area contributed by atoms with Crippen molar-refractivity contribution in [2.45, 2.75) is 25.9 Å². The van der Waals surface area contributed by atoms with Gasteiger partial charge in [0.1, 0.15) is 11.9 Å². The summed E-state index contributed by atoms with van der Waals surface area (Å²) in [6.45, 7) is 3.67. The zero-order valence-electron chi connectivity index (χ0n) is 6.63. The lowest BCUT2D eigenvalue weighted by Crippen LogP contribution is -2.23. The van der Waals surface area contributed by atoms with E-state index in [-0.39, 0.29) is 0 Å². The van der Waals surface area contributed by atoms with Crippen molar-refractivity contribution in [1.82, 2.24) is 0 Å². The van der Waals surface area contributed by atoms with E-state index in [1.54, 1.807) is 7.05 Å². The molecule has 58 valence electrons. The molecular formula is C7H13NO2. The zero-order chi connectivity index (χ0) is 8.04. The molecular weight excluding hydrogens is 130 g/mol. The molecule has 0 aromatic carbocycles. The van der Waals surface area contributed by atoms with E-state index in [0.29, 0.717) is 6.42 Å². The lowest BCUT2D eigenvalue weighted by Gasteiger charge is -2.19. The summed E-state index contributed by atoms with van der Waals surface area (Å²) in [5, 5.41) is 0. The zero-order valence-corrected chi connectivity index (χ0v) is 6.63. The summed E-state index contributed by atoms with van der Waals surface area (Å²) in [5.74, 6) is 0. The first-order valence-electron chi connectivity index (χ1n) is 3.14. The molecule has 0 saturated carbocycles. The Labute approximate surface area is 61.1 Å². The SMILES string of the molecule is CN=COC(C)(C)CC=O. The van der Waals surface area contributed by atoms with Gasteiger partial charge in [0, 0.05) is 13.5 Å². The van der Waals surface area contributed by atoms with E-state index in [1.165, 1.54) is 6.40 Å². The highest BCUT2D eigenvalue weighted by Gasteiger charge is 2.16. The molecule has 0 aliphatic carbocycles. The van der Waals surface area contributed by atoms with Crippen LogP contribution < -0.4 is 0 Å². The summed E-state index contributed by atoms with van der Waals surface area (Å²) in [6.07, 6.45) is 2.58. The van der Waals surface area contributed by atoms with E-state index in [1.807, 2.05) is 13.8 Å². The molecule has 0 saturated heterocycles. The minimum atomic E-state index is -0.415. The standard InChI is InChI=1S/C7H13NO2/c1-7(2,4-5-9)10-6-8-3/h5-6H,4H2,1-3H3. The Hall–Kier alpha value is -0.860. The number of carbonyl (C=O) groups excluding carboxylic acids is 1. The van der Waals surface area contributed by atoms with Gasteiger partial charge < -0.3 is 9.53 Å². The monoisotopic (exact) mass is 143 g/mol. The Morgan fingerprint density at radius 1 is 1.60 bits per heavy atom. The lowest BCUT2D eigenvalue weighted by molar-refractivity contribution is -0.110. The van der Waals surface area contributed by atoms with Gasteiger partial charge in [-0.2, -0.15) is 0 Å². The van der Waals surface area contributed by atoms with Crippen molar-refractivity contribution < 1.29 is 9.53 Å². The molecule has 0 aliphatic heterocycles. The van der Waals surface area contributed by atoms with E-state index in [9.17, 15) is 4.79 Å². The highest BCUT2D eigenvalue weighted by atomic mass is 16.5. The minimum absolute atomic E-state index is 0.388. The van der Waals surface area contributed by atoms with Crippen molar-refractivity contribution in [2.75, 3.05) is 7.05 Å². The first-order chi connectivity index (χ1) is 4.62. The fraction of sp³-hybridized carbons (Fsp3) is 0.714. The maximum absolute atomic E-state index is 10.1. The number of hydrogen-bond donors (Lipinski definition) is 0. The van der Waals surface area contributed by atoms with Gasteiger partial charge in [-0.1, -0.05) is 0 Å². The van der Waals surface area contributed by atoms with Crippen LogP contribution in [0.3, 0.4) is 0 Å². The number of hydrogen-bond acceptors (Lipinski definition) is 3. The lowest BCUT2D eigenvalue weighted by atomic mass is 10.1. The normalized spacial score (nSPS) is 11.9. The van der Waals surface area contributed by atoms with E-state index >= 15 is 0 Å². The molecule has 0 N–H and O–H groups in total. The van der Waals surface area contributed by atoms with Gasteiger partial charge in [-0.3, -0.25) is 4.99 Å². The van der Waals surface area contributed by atoms with Crippen LogP contribution in [-0.4, -0.2) is 25.3 Å². The number of carbonyl (C=O) groups is 1. The smallest absolute Gasteiger partial charge is 0.169 e. The average molecular weight is 143 g/mol. The van der Waals surface area contributed by atoms with Crippen molar-refractivity contribution in [2.24, 2.45) is 4.99 Å². The number of rotatable bonds is 4. The maximum Gasteiger partial charge on any atom is 0.169 e. The third-order valence-electron chi connectivity index (χ3n) is 1.05. The van der Waals surface area contributed by atoms with Crippen LogP contribution in [-0.2, 0) is 9.53 Å². The van der Waals surface area contributed by atoms with Gasteiger partial charge in [-0.05, 0) is 13.8 Å². The summed E-state index contributed by atoms with van der Waals surface area (Å²) in [4.78, 5) is 13.7. The van der Waals surface area contributed by atoms with Gasteiger partial charge in [0.25, 0.3) is 0 Å². The molecule has 0 spiro atoms. The van der Waals surface area contributed by atoms with Crippen LogP contribution in [0.1, 0.15) is 20.3 Å². The van der Waals surface area contributed by atoms with E-state index < -0.39 is 5.60 Å². The Morgan fingerprint density at radius 2 is 2.20 bits per heavy atom. The summed E-state index contributed by atoms with van der Waals surface area (Å²) >= 11 is 0. The predicted octanol–water partition coefficient (Wildman–Crippen LogP) is 1.03. The second-order valence-electron chi connectivity index (χ2n) is 2.61. The maximum atomic E-state index is 10.1. The quantitative estimate of drug-likeness (QED) is 0.335. The van der Waals surface area contributed by atoms with Crippen LogP contribution in [0, 0.1) is 0 Å². The Balaban J connectivity index is 3.73. The third-order valence-corrected chi connectivity index (χ3v) is 1.05. The van der Waals surface area contributed by atoms with Crippen LogP contribution in [0.5, 0.6) is 0 Å². The average Bonchev–Trinajstić information content (AvgIpc) is 1.84. The highest BCUT2D eigenvalue weighted by Crippen LogP contribution is 2.10. The number of aldehydes is 1. The molecule has 10 heavy (non-hydrogen) atoms. The van der Waals surface area contributed by atoms with E-state index in [0.717, 1.165) is 6.29 Å². The van der Waals surface area contributed by atoms with Crippen LogP contribution in [0.2, 0.25) is 0 Å². The third kappa shape index (κ3) is 4.06. The fourth-order valence-corrected chi connectivity index (χ4v) is 0.444. The summed E-state index contributed by atoms with van der Waals surface area (Å²) in [6, 6.07) is 0. The Bertz CT molecular complexity index is 130. The molecule has 0 aromatic heterocycles. The van der Waals surface area contributed by atoms with Crippen LogP contribution >= 0.6 is 0 Å². The van der Waals surface area contributed by atoms with Crippen LogP contribution in [0.4, 0.5) is 0 Å². The van der Waals surface area contributed by atoms with Crippen LogP contribution in [0.25, 0.3) is 0 Å². The molecule has 0 heterocycles. The topological polar surface area (TPSA) is 38.7 Å². The molecule has 0 amide bonds. The van der Waals surface area contributed by atoms with Crippen molar-refractivity contribution in [3.63, 3.8) is 0 Å². The molecule has 0 aliphatic rings. The van der Waals surface area contributed by atoms with Crippen molar-refractivity contribution in [3.05, 3.63) is 0 Å². The number of aliphatic imine (C=N–C) groups is 1. The molecule has 0 bridgehead atoms. The van der Waals surface area contributed by atoms with Crippen molar-refractivity contribution >= 4 is 12.7 Å². The largest absolute Gasteiger partial charge is 0.477 e. The second kappa shape index (κ2) is 4.04. The molecule has 0 rings (SSSR count). The number of nitrogens with zero attached hydrogens (tertiary/aromatic N) is 1. The first-order valence-corrected chi connectivity index (χ1v) is 3.14. The molecule has 0 fully saturated rings. The second-order valence-corrected chi connectivity index (χ2v) is 2.61. The van der Waals surface area contributed by atoms with Gasteiger partial charge in [0.05, 0.1) is 0 Å². The van der Waals surface area contributed by atoms with Gasteiger partial charge in [-0.15, -0.1) is 0 Å². The Morgan fingerprint density at radius 3 is 2.60 bits per heavy atom. The molecule has 0 aromatic rings. The molecule has 0 radical (unpaired) electrons. The van der Waals surface area contributed by atoms with E-state index in [2.05, 4.69) is 4.99 Å². The van der Waals surface area contributed by atoms with Crippen molar-refractivity contribution in [3.8, 4) is 0 Å².